The van der Waals surface area contributed by atoms with Crippen molar-refractivity contribution in [3.05, 3.63) is 11.4 Å². The van der Waals surface area contributed by atoms with Crippen LogP contribution in [0.1, 0.15) is 27.2 Å². The van der Waals surface area contributed by atoms with Gasteiger partial charge in [0.25, 0.3) is 0 Å². The lowest BCUT2D eigenvalue weighted by Crippen LogP contribution is -1.99. The molecule has 0 rings (SSSR count). The average molecular weight is 111 g/mol. The van der Waals surface area contributed by atoms with Gasteiger partial charge in [-0.2, -0.15) is 0 Å². The summed E-state index contributed by atoms with van der Waals surface area (Å²) in [7, 11) is 0. The van der Waals surface area contributed by atoms with Gasteiger partial charge >= 0.3 is 0 Å². The van der Waals surface area contributed by atoms with Crippen molar-refractivity contribution in [1.82, 2.24) is 0 Å². The molecule has 1 heteroatoms. The van der Waals surface area contributed by atoms with Gasteiger partial charge in [-0.1, -0.05) is 13.8 Å². The molecule has 0 radical (unpaired) electrons. The van der Waals surface area contributed by atoms with Gasteiger partial charge in [-0.15, -0.1) is 0 Å². The third kappa shape index (κ3) is 3.67. The van der Waals surface area contributed by atoms with Crippen molar-refractivity contribution in [1.29, 1.82) is 0 Å². The molecule has 1 unspecified atom stereocenters. The maximum atomic E-state index is 6.63. The topological polar surface area (TPSA) is 4.36 Å². The summed E-state index contributed by atoms with van der Waals surface area (Å²) in [5, 5.41) is 0. The monoisotopic (exact) mass is 111 g/mol. The van der Waals surface area contributed by atoms with E-state index in [9.17, 15) is 0 Å². The number of hydrogen-bond acceptors (Lipinski definition) is 0. The minimum atomic E-state index is 0.218. The Labute approximate surface area is 51.5 Å². The molecule has 0 heterocycles. The molecular formula is C7H13N. The Bertz CT molecular complexity index is 89.1. The molecule has 0 aromatic rings. The summed E-state index contributed by atoms with van der Waals surface area (Å²) in [5.74, 6) is 0.666. The summed E-state index contributed by atoms with van der Waals surface area (Å²) in [5.41, 5.74) is 0. The van der Waals surface area contributed by atoms with Crippen LogP contribution in [0.15, 0.2) is 0 Å². The Hall–Kier alpha value is -0.510. The highest BCUT2D eigenvalue weighted by Crippen LogP contribution is 2.05. The summed E-state index contributed by atoms with van der Waals surface area (Å²) in [6.07, 6.45) is 1.03. The van der Waals surface area contributed by atoms with Gasteiger partial charge < -0.3 is 4.85 Å². The summed E-state index contributed by atoms with van der Waals surface area (Å²) >= 11 is 0. The largest absolute Gasteiger partial charge is 0.314 e. The minimum Gasteiger partial charge on any atom is -0.314 e. The molecule has 0 aromatic heterocycles. The molecule has 46 valence electrons. The van der Waals surface area contributed by atoms with Crippen LogP contribution in [0.4, 0.5) is 0 Å². The Morgan fingerprint density at radius 3 is 2.00 bits per heavy atom. The van der Waals surface area contributed by atoms with Crippen molar-refractivity contribution in [2.24, 2.45) is 5.92 Å². The molecule has 0 saturated heterocycles. The highest BCUT2D eigenvalue weighted by atomic mass is 14.7. The van der Waals surface area contributed by atoms with Crippen LogP contribution in [0.3, 0.4) is 0 Å². The van der Waals surface area contributed by atoms with Gasteiger partial charge in [0.2, 0.25) is 6.04 Å². The van der Waals surface area contributed by atoms with Gasteiger partial charge in [-0.3, -0.25) is 0 Å². The fourth-order valence-electron chi connectivity index (χ4n) is 0.735. The molecule has 0 aliphatic rings. The van der Waals surface area contributed by atoms with Gasteiger partial charge in [0, 0.05) is 13.3 Å². The molecule has 1 nitrogen and oxygen atoms in total. The predicted molar refractivity (Wildman–Crippen MR) is 35.5 cm³/mol. The van der Waals surface area contributed by atoms with Gasteiger partial charge in [0.15, 0.2) is 0 Å². The first kappa shape index (κ1) is 7.49. The maximum Gasteiger partial charge on any atom is 0.221 e. The Kier molecular flexibility index (Phi) is 3.26. The Balaban J connectivity index is 3.28. The number of rotatable bonds is 2. The first-order valence-electron chi connectivity index (χ1n) is 3.03. The van der Waals surface area contributed by atoms with E-state index in [0.29, 0.717) is 5.92 Å². The summed E-state index contributed by atoms with van der Waals surface area (Å²) in [6, 6.07) is 0.218. The van der Waals surface area contributed by atoms with Crippen LogP contribution in [-0.2, 0) is 0 Å². The molecule has 8 heavy (non-hydrogen) atoms. The second kappa shape index (κ2) is 3.49. The smallest absolute Gasteiger partial charge is 0.221 e. The van der Waals surface area contributed by atoms with Gasteiger partial charge in [0.1, 0.15) is 0 Å². The van der Waals surface area contributed by atoms with Crippen LogP contribution < -0.4 is 0 Å². The third-order valence-corrected chi connectivity index (χ3v) is 1.03. The fraction of sp³-hybridized carbons (Fsp3) is 0.857. The van der Waals surface area contributed by atoms with E-state index in [1.807, 2.05) is 6.92 Å². The first-order chi connectivity index (χ1) is 3.66. The average Bonchev–Trinajstić information content (AvgIpc) is 1.65. The molecule has 0 fully saturated rings. The van der Waals surface area contributed by atoms with Crippen molar-refractivity contribution in [2.75, 3.05) is 0 Å². The molecule has 0 amide bonds. The van der Waals surface area contributed by atoms with Crippen LogP contribution in [0.25, 0.3) is 4.85 Å². The van der Waals surface area contributed by atoms with Crippen LogP contribution in [0.2, 0.25) is 0 Å². The van der Waals surface area contributed by atoms with Crippen LogP contribution in [0.5, 0.6) is 0 Å². The maximum absolute atomic E-state index is 6.63. The Morgan fingerprint density at radius 1 is 1.38 bits per heavy atom. The second-order valence-electron chi connectivity index (χ2n) is 2.61. The SMILES string of the molecule is [C-]#[N+]C(C)CC(C)C. The van der Waals surface area contributed by atoms with E-state index >= 15 is 0 Å². The van der Waals surface area contributed by atoms with Crippen molar-refractivity contribution in [2.45, 2.75) is 33.2 Å². The van der Waals surface area contributed by atoms with Crippen molar-refractivity contribution < 1.29 is 0 Å². The highest BCUT2D eigenvalue weighted by Gasteiger charge is 2.05. The zero-order valence-corrected chi connectivity index (χ0v) is 5.81. The van der Waals surface area contributed by atoms with E-state index in [2.05, 4.69) is 18.7 Å². The third-order valence-electron chi connectivity index (χ3n) is 1.03. The van der Waals surface area contributed by atoms with E-state index in [0.717, 1.165) is 6.42 Å². The molecule has 0 spiro atoms. The molecular weight excluding hydrogens is 98.1 g/mol. The van der Waals surface area contributed by atoms with E-state index < -0.39 is 0 Å². The van der Waals surface area contributed by atoms with Crippen molar-refractivity contribution in [3.8, 4) is 0 Å². The molecule has 0 N–H and O–H groups in total. The summed E-state index contributed by atoms with van der Waals surface area (Å²) in [4.78, 5) is 3.38. The van der Waals surface area contributed by atoms with E-state index in [1.165, 1.54) is 0 Å². The van der Waals surface area contributed by atoms with Crippen LogP contribution >= 0.6 is 0 Å². The standard InChI is InChI=1S/C7H13N/c1-6(2)5-7(3)8-4/h6-7H,5H2,1-3H3. The summed E-state index contributed by atoms with van der Waals surface area (Å²) < 4.78 is 0. The number of hydrogen-bond donors (Lipinski definition) is 0. The summed E-state index contributed by atoms with van der Waals surface area (Å²) in [6.45, 7) is 12.9. The number of nitrogens with zero attached hydrogens (tertiary/aromatic N) is 1. The first-order valence-corrected chi connectivity index (χ1v) is 3.03. The van der Waals surface area contributed by atoms with Gasteiger partial charge in [-0.05, 0) is 5.92 Å². The quantitative estimate of drug-likeness (QED) is 0.482. The normalized spacial score (nSPS) is 13.4. The zero-order chi connectivity index (χ0) is 6.57. The molecule has 1 atom stereocenters. The van der Waals surface area contributed by atoms with Crippen molar-refractivity contribution >= 4 is 0 Å². The lowest BCUT2D eigenvalue weighted by Gasteiger charge is -2.00. The second-order valence-corrected chi connectivity index (χ2v) is 2.61. The van der Waals surface area contributed by atoms with Gasteiger partial charge in [-0.25, -0.2) is 6.57 Å². The molecule has 0 bridgehead atoms. The van der Waals surface area contributed by atoms with Crippen molar-refractivity contribution in [3.63, 3.8) is 0 Å². The zero-order valence-electron chi connectivity index (χ0n) is 5.81. The molecule has 0 saturated carbocycles. The molecule has 0 aromatic carbocycles. The van der Waals surface area contributed by atoms with E-state index in [1.54, 1.807) is 0 Å². The van der Waals surface area contributed by atoms with Crippen LogP contribution in [-0.4, -0.2) is 6.04 Å². The molecule has 0 aliphatic carbocycles. The highest BCUT2D eigenvalue weighted by molar-refractivity contribution is 4.73. The predicted octanol–water partition coefficient (Wildman–Crippen LogP) is 2.34. The van der Waals surface area contributed by atoms with Crippen LogP contribution in [0, 0.1) is 12.5 Å². The van der Waals surface area contributed by atoms with E-state index in [4.69, 9.17) is 6.57 Å². The Morgan fingerprint density at radius 2 is 1.88 bits per heavy atom. The van der Waals surface area contributed by atoms with Gasteiger partial charge in [0.05, 0.1) is 0 Å². The lowest BCUT2D eigenvalue weighted by atomic mass is 10.1. The van der Waals surface area contributed by atoms with E-state index in [-0.39, 0.29) is 6.04 Å². The minimum absolute atomic E-state index is 0.218. The lowest BCUT2D eigenvalue weighted by molar-refractivity contribution is 0.556. The fourth-order valence-corrected chi connectivity index (χ4v) is 0.735. The molecule has 0 aliphatic heterocycles.